The second-order valence-corrected chi connectivity index (χ2v) is 5.27. The SMILES string of the molecule is Cc1cc(Cl)nc(Cl)c1NC(=O)c1cc(N)ccc1Cl. The average Bonchev–Trinajstić information content (AvgIpc) is 2.36. The standard InChI is InChI=1S/C13H10Cl3N3O/c1-6-4-10(15)18-12(16)11(6)19-13(20)8-5-7(17)2-3-9(8)14/h2-5H,17H2,1H3,(H,19,20). The van der Waals surface area contributed by atoms with Crippen LogP contribution in [0, 0.1) is 6.92 Å². The summed E-state index contributed by atoms with van der Waals surface area (Å²) in [7, 11) is 0. The van der Waals surface area contributed by atoms with Crippen LogP contribution in [-0.2, 0) is 0 Å². The molecule has 7 heteroatoms. The van der Waals surface area contributed by atoms with Gasteiger partial charge in [0.1, 0.15) is 5.15 Å². The van der Waals surface area contributed by atoms with Gasteiger partial charge in [-0.25, -0.2) is 4.98 Å². The third kappa shape index (κ3) is 3.15. The predicted octanol–water partition coefficient (Wildman–Crippen LogP) is 4.18. The summed E-state index contributed by atoms with van der Waals surface area (Å²) >= 11 is 17.7. The van der Waals surface area contributed by atoms with E-state index in [1.165, 1.54) is 6.07 Å². The Morgan fingerprint density at radius 2 is 1.95 bits per heavy atom. The number of carbonyl (C=O) groups excluding carboxylic acids is 1. The fraction of sp³-hybridized carbons (Fsp3) is 0.0769. The molecule has 20 heavy (non-hydrogen) atoms. The van der Waals surface area contributed by atoms with E-state index < -0.39 is 5.91 Å². The number of aryl methyl sites for hydroxylation is 1. The molecule has 4 nitrogen and oxygen atoms in total. The quantitative estimate of drug-likeness (QED) is 0.641. The monoisotopic (exact) mass is 329 g/mol. The molecule has 0 fully saturated rings. The van der Waals surface area contributed by atoms with Gasteiger partial charge in [-0.2, -0.15) is 0 Å². The number of anilines is 2. The molecule has 0 unspecified atom stereocenters. The molecule has 0 radical (unpaired) electrons. The van der Waals surface area contributed by atoms with Crippen molar-refractivity contribution < 1.29 is 4.79 Å². The van der Waals surface area contributed by atoms with Gasteiger partial charge in [0.2, 0.25) is 0 Å². The molecule has 0 bridgehead atoms. The highest BCUT2D eigenvalue weighted by molar-refractivity contribution is 6.36. The molecule has 3 N–H and O–H groups in total. The van der Waals surface area contributed by atoms with Gasteiger partial charge >= 0.3 is 0 Å². The molecular formula is C13H10Cl3N3O. The molecule has 0 aliphatic rings. The molecule has 104 valence electrons. The minimum atomic E-state index is -0.420. The number of pyridine rings is 1. The Bertz CT molecular complexity index is 666. The number of amides is 1. The molecule has 1 heterocycles. The summed E-state index contributed by atoms with van der Waals surface area (Å²) in [5.41, 5.74) is 7.43. The Labute approximate surface area is 130 Å². The van der Waals surface area contributed by atoms with Crippen LogP contribution in [0.4, 0.5) is 11.4 Å². The highest BCUT2D eigenvalue weighted by Crippen LogP contribution is 2.28. The smallest absolute Gasteiger partial charge is 0.257 e. The number of benzene rings is 1. The van der Waals surface area contributed by atoms with Crippen molar-refractivity contribution in [1.82, 2.24) is 4.98 Å². The van der Waals surface area contributed by atoms with E-state index in [4.69, 9.17) is 40.5 Å². The van der Waals surface area contributed by atoms with E-state index in [1.807, 2.05) is 0 Å². The first kappa shape index (κ1) is 14.9. The average molecular weight is 331 g/mol. The van der Waals surface area contributed by atoms with Crippen molar-refractivity contribution in [2.75, 3.05) is 11.1 Å². The van der Waals surface area contributed by atoms with Crippen molar-refractivity contribution in [3.63, 3.8) is 0 Å². The summed E-state index contributed by atoms with van der Waals surface area (Å²) < 4.78 is 0. The largest absolute Gasteiger partial charge is 0.399 e. The molecule has 0 atom stereocenters. The van der Waals surface area contributed by atoms with Gasteiger partial charge < -0.3 is 11.1 Å². The second-order valence-electron chi connectivity index (χ2n) is 4.12. The number of nitrogens with one attached hydrogen (secondary N) is 1. The van der Waals surface area contributed by atoms with E-state index in [-0.39, 0.29) is 15.9 Å². The Morgan fingerprint density at radius 1 is 1.25 bits per heavy atom. The number of rotatable bonds is 2. The topological polar surface area (TPSA) is 68.0 Å². The van der Waals surface area contributed by atoms with E-state index in [9.17, 15) is 4.79 Å². The first-order chi connectivity index (χ1) is 9.38. The Balaban J connectivity index is 2.35. The van der Waals surface area contributed by atoms with Gasteiger partial charge in [0.15, 0.2) is 5.15 Å². The van der Waals surface area contributed by atoms with Crippen LogP contribution in [0.15, 0.2) is 24.3 Å². The van der Waals surface area contributed by atoms with Crippen LogP contribution in [0.3, 0.4) is 0 Å². The molecule has 1 aromatic carbocycles. The minimum Gasteiger partial charge on any atom is -0.399 e. The fourth-order valence-corrected chi connectivity index (χ4v) is 2.43. The number of aromatic nitrogens is 1. The van der Waals surface area contributed by atoms with Crippen molar-refractivity contribution in [3.8, 4) is 0 Å². The Morgan fingerprint density at radius 3 is 2.60 bits per heavy atom. The lowest BCUT2D eigenvalue weighted by atomic mass is 10.1. The van der Waals surface area contributed by atoms with Gasteiger partial charge in [0.05, 0.1) is 16.3 Å². The van der Waals surface area contributed by atoms with Gasteiger partial charge in [-0.3, -0.25) is 4.79 Å². The molecule has 1 aromatic heterocycles. The lowest BCUT2D eigenvalue weighted by molar-refractivity contribution is 0.102. The van der Waals surface area contributed by atoms with Crippen LogP contribution in [0.1, 0.15) is 15.9 Å². The van der Waals surface area contributed by atoms with Crippen molar-refractivity contribution in [2.24, 2.45) is 0 Å². The van der Waals surface area contributed by atoms with Crippen molar-refractivity contribution in [1.29, 1.82) is 0 Å². The first-order valence-electron chi connectivity index (χ1n) is 5.57. The lowest BCUT2D eigenvalue weighted by Gasteiger charge is -2.11. The number of nitrogens with two attached hydrogens (primary N) is 1. The lowest BCUT2D eigenvalue weighted by Crippen LogP contribution is -2.14. The highest BCUT2D eigenvalue weighted by Gasteiger charge is 2.15. The number of carbonyl (C=O) groups is 1. The van der Waals surface area contributed by atoms with Crippen LogP contribution >= 0.6 is 34.8 Å². The molecule has 2 rings (SSSR count). The zero-order valence-corrected chi connectivity index (χ0v) is 12.6. The number of halogens is 3. The van der Waals surface area contributed by atoms with E-state index in [0.29, 0.717) is 22.0 Å². The van der Waals surface area contributed by atoms with Crippen LogP contribution < -0.4 is 11.1 Å². The molecule has 1 amide bonds. The van der Waals surface area contributed by atoms with Crippen molar-refractivity contribution >= 4 is 52.1 Å². The van der Waals surface area contributed by atoms with E-state index in [0.717, 1.165) is 0 Å². The van der Waals surface area contributed by atoms with Crippen molar-refractivity contribution in [3.05, 3.63) is 50.7 Å². The maximum absolute atomic E-state index is 12.2. The van der Waals surface area contributed by atoms with Crippen LogP contribution in [-0.4, -0.2) is 10.9 Å². The number of hydrogen-bond donors (Lipinski definition) is 2. The Hall–Kier alpha value is -1.49. The highest BCUT2D eigenvalue weighted by atomic mass is 35.5. The van der Waals surface area contributed by atoms with Gasteiger partial charge in [0, 0.05) is 5.69 Å². The molecule has 0 aliphatic carbocycles. The summed E-state index contributed by atoms with van der Waals surface area (Å²) in [6.07, 6.45) is 0. The van der Waals surface area contributed by atoms with Gasteiger partial charge in [0.25, 0.3) is 5.91 Å². The maximum atomic E-state index is 12.2. The van der Waals surface area contributed by atoms with E-state index in [1.54, 1.807) is 25.1 Å². The van der Waals surface area contributed by atoms with Crippen LogP contribution in [0.2, 0.25) is 15.3 Å². The number of nitrogens with zero attached hydrogens (tertiary/aromatic N) is 1. The third-order valence-electron chi connectivity index (χ3n) is 2.61. The summed E-state index contributed by atoms with van der Waals surface area (Å²) in [6, 6.07) is 6.26. The van der Waals surface area contributed by atoms with Crippen molar-refractivity contribution in [2.45, 2.75) is 6.92 Å². The molecule has 2 aromatic rings. The summed E-state index contributed by atoms with van der Waals surface area (Å²) in [5.74, 6) is -0.420. The predicted molar refractivity (Wildman–Crippen MR) is 82.8 cm³/mol. The summed E-state index contributed by atoms with van der Waals surface area (Å²) in [5, 5.41) is 3.33. The molecule has 0 aliphatic heterocycles. The van der Waals surface area contributed by atoms with Crippen LogP contribution in [0.25, 0.3) is 0 Å². The second kappa shape index (κ2) is 5.87. The zero-order valence-electron chi connectivity index (χ0n) is 10.4. The number of nitrogen functional groups attached to an aromatic ring is 1. The Kier molecular flexibility index (Phi) is 4.38. The molecular weight excluding hydrogens is 321 g/mol. The van der Waals surface area contributed by atoms with Crippen LogP contribution in [0.5, 0.6) is 0 Å². The van der Waals surface area contributed by atoms with E-state index in [2.05, 4.69) is 10.3 Å². The minimum absolute atomic E-state index is 0.114. The van der Waals surface area contributed by atoms with Gasteiger partial charge in [-0.05, 0) is 36.8 Å². The third-order valence-corrected chi connectivity index (χ3v) is 3.41. The molecule has 0 saturated carbocycles. The van der Waals surface area contributed by atoms with E-state index >= 15 is 0 Å². The molecule has 0 saturated heterocycles. The normalized spacial score (nSPS) is 10.4. The molecule has 0 spiro atoms. The number of hydrogen-bond acceptors (Lipinski definition) is 3. The summed E-state index contributed by atoms with van der Waals surface area (Å²) in [6.45, 7) is 1.76. The first-order valence-corrected chi connectivity index (χ1v) is 6.71. The summed E-state index contributed by atoms with van der Waals surface area (Å²) in [4.78, 5) is 16.1. The fourth-order valence-electron chi connectivity index (χ4n) is 1.64. The maximum Gasteiger partial charge on any atom is 0.257 e. The van der Waals surface area contributed by atoms with Gasteiger partial charge in [-0.15, -0.1) is 0 Å². The van der Waals surface area contributed by atoms with Gasteiger partial charge in [-0.1, -0.05) is 34.8 Å². The zero-order chi connectivity index (χ0) is 14.9.